The summed E-state index contributed by atoms with van der Waals surface area (Å²) in [7, 11) is 2.14. The zero-order chi connectivity index (χ0) is 18.8. The number of rotatable bonds is 4. The molecule has 0 radical (unpaired) electrons. The van der Waals surface area contributed by atoms with Gasteiger partial charge in [0.1, 0.15) is 5.82 Å². The van der Waals surface area contributed by atoms with E-state index in [2.05, 4.69) is 33.2 Å². The summed E-state index contributed by atoms with van der Waals surface area (Å²) in [6.45, 7) is 3.89. The van der Waals surface area contributed by atoms with E-state index >= 15 is 0 Å². The number of carbonyl (C=O) groups excluding carboxylic acids is 1. The Labute approximate surface area is 157 Å². The number of amides is 1. The molecule has 27 heavy (non-hydrogen) atoms. The zero-order valence-corrected chi connectivity index (χ0v) is 15.2. The average Bonchev–Trinajstić information content (AvgIpc) is 2.68. The van der Waals surface area contributed by atoms with Crippen LogP contribution in [0, 0.1) is 0 Å². The Morgan fingerprint density at radius 2 is 1.70 bits per heavy atom. The highest BCUT2D eigenvalue weighted by molar-refractivity contribution is 5.93. The predicted molar refractivity (Wildman–Crippen MR) is 107 cm³/mol. The summed E-state index contributed by atoms with van der Waals surface area (Å²) in [6.07, 6.45) is 0. The van der Waals surface area contributed by atoms with Crippen molar-refractivity contribution in [2.24, 2.45) is 5.73 Å². The van der Waals surface area contributed by atoms with Crippen molar-refractivity contribution < 1.29 is 4.79 Å². The Bertz CT molecular complexity index is 964. The largest absolute Gasteiger partial charge is 0.366 e. The van der Waals surface area contributed by atoms with Crippen molar-refractivity contribution in [2.45, 2.75) is 0 Å². The van der Waals surface area contributed by atoms with E-state index in [9.17, 15) is 4.79 Å². The molecule has 1 fully saturated rings. The molecular weight excluding hydrogens is 340 g/mol. The first-order valence-corrected chi connectivity index (χ1v) is 8.97. The van der Waals surface area contributed by atoms with Gasteiger partial charge in [0.2, 0.25) is 11.9 Å². The van der Waals surface area contributed by atoms with Crippen LogP contribution in [-0.2, 0) is 0 Å². The summed E-state index contributed by atoms with van der Waals surface area (Å²) in [6, 6.07) is 15.0. The van der Waals surface area contributed by atoms with E-state index in [1.165, 1.54) is 0 Å². The first-order valence-electron chi connectivity index (χ1n) is 8.97. The first-order chi connectivity index (χ1) is 13.1. The van der Waals surface area contributed by atoms with Gasteiger partial charge >= 0.3 is 0 Å². The molecule has 1 amide bonds. The molecule has 7 heteroatoms. The van der Waals surface area contributed by atoms with Gasteiger partial charge in [0.25, 0.3) is 0 Å². The zero-order valence-electron chi connectivity index (χ0n) is 15.2. The van der Waals surface area contributed by atoms with E-state index in [-0.39, 0.29) is 0 Å². The Morgan fingerprint density at radius 1 is 1.00 bits per heavy atom. The number of nitrogens with one attached hydrogen (secondary N) is 1. The van der Waals surface area contributed by atoms with Gasteiger partial charge in [0, 0.05) is 42.8 Å². The summed E-state index contributed by atoms with van der Waals surface area (Å²) < 4.78 is 0. The quantitative estimate of drug-likeness (QED) is 0.740. The topological polar surface area (TPSA) is 87.4 Å². The number of nitrogens with zero attached hydrogens (tertiary/aromatic N) is 4. The highest BCUT2D eigenvalue weighted by Gasteiger charge is 2.19. The first kappa shape index (κ1) is 17.2. The monoisotopic (exact) mass is 362 g/mol. The van der Waals surface area contributed by atoms with E-state index in [0.29, 0.717) is 11.5 Å². The number of benzene rings is 2. The lowest BCUT2D eigenvalue weighted by Gasteiger charge is -2.33. The van der Waals surface area contributed by atoms with Crippen molar-refractivity contribution in [1.82, 2.24) is 14.9 Å². The van der Waals surface area contributed by atoms with Gasteiger partial charge in [0.15, 0.2) is 0 Å². The molecule has 0 atom stereocenters. The average molecular weight is 362 g/mol. The molecule has 2 heterocycles. The maximum absolute atomic E-state index is 11.2. The molecule has 3 aromatic rings. The third-order valence-electron chi connectivity index (χ3n) is 4.81. The van der Waals surface area contributed by atoms with Gasteiger partial charge < -0.3 is 20.9 Å². The normalized spacial score (nSPS) is 15.1. The van der Waals surface area contributed by atoms with E-state index < -0.39 is 5.91 Å². The maximum Gasteiger partial charge on any atom is 0.248 e. The number of nitrogens with two attached hydrogens (primary N) is 1. The lowest BCUT2D eigenvalue weighted by atomic mass is 10.2. The molecule has 4 rings (SSSR count). The van der Waals surface area contributed by atoms with Gasteiger partial charge in [-0.15, -0.1) is 0 Å². The maximum atomic E-state index is 11.2. The lowest BCUT2D eigenvalue weighted by molar-refractivity contribution is 0.100. The number of likely N-dealkylation sites (N-methyl/N-ethyl adjacent to an activating group) is 1. The van der Waals surface area contributed by atoms with Crippen LogP contribution in [0.4, 0.5) is 17.5 Å². The molecule has 0 spiro atoms. The Kier molecular flexibility index (Phi) is 4.60. The van der Waals surface area contributed by atoms with E-state index in [1.54, 1.807) is 24.3 Å². The van der Waals surface area contributed by atoms with Crippen LogP contribution in [-0.4, -0.2) is 54.0 Å². The summed E-state index contributed by atoms with van der Waals surface area (Å²) >= 11 is 0. The van der Waals surface area contributed by atoms with Crippen molar-refractivity contribution in [1.29, 1.82) is 0 Å². The Morgan fingerprint density at radius 3 is 2.41 bits per heavy atom. The molecule has 3 N–H and O–H groups in total. The van der Waals surface area contributed by atoms with Gasteiger partial charge in [-0.1, -0.05) is 12.1 Å². The number of para-hydroxylation sites is 1. The molecule has 0 aliphatic carbocycles. The molecule has 1 saturated heterocycles. The fourth-order valence-electron chi connectivity index (χ4n) is 3.22. The van der Waals surface area contributed by atoms with Gasteiger partial charge in [-0.25, -0.2) is 4.98 Å². The van der Waals surface area contributed by atoms with Crippen LogP contribution in [0.2, 0.25) is 0 Å². The van der Waals surface area contributed by atoms with E-state index in [4.69, 9.17) is 10.7 Å². The molecule has 138 valence electrons. The summed E-state index contributed by atoms with van der Waals surface area (Å²) in [4.78, 5) is 25.3. The summed E-state index contributed by atoms with van der Waals surface area (Å²) in [5.74, 6) is 1.04. The summed E-state index contributed by atoms with van der Waals surface area (Å²) in [5.41, 5.74) is 7.47. The van der Waals surface area contributed by atoms with Crippen molar-refractivity contribution in [3.05, 3.63) is 54.1 Å². The van der Waals surface area contributed by atoms with Crippen LogP contribution in [0.25, 0.3) is 10.9 Å². The minimum Gasteiger partial charge on any atom is -0.366 e. The van der Waals surface area contributed by atoms with Gasteiger partial charge in [0.05, 0.1) is 5.52 Å². The van der Waals surface area contributed by atoms with Crippen molar-refractivity contribution >= 4 is 34.3 Å². The number of fused-ring (bicyclic) bond motifs is 1. The van der Waals surface area contributed by atoms with Crippen LogP contribution in [0.1, 0.15) is 10.4 Å². The lowest BCUT2D eigenvalue weighted by Crippen LogP contribution is -2.45. The molecular formula is C20H22N6O. The minimum atomic E-state index is -0.444. The fourth-order valence-corrected chi connectivity index (χ4v) is 3.22. The van der Waals surface area contributed by atoms with Crippen LogP contribution >= 0.6 is 0 Å². The summed E-state index contributed by atoms with van der Waals surface area (Å²) in [5, 5.41) is 4.29. The van der Waals surface area contributed by atoms with Gasteiger partial charge in [-0.05, 0) is 43.4 Å². The molecule has 7 nitrogen and oxygen atoms in total. The number of primary amides is 1. The minimum absolute atomic E-state index is 0.444. The Balaban J connectivity index is 1.67. The molecule has 0 bridgehead atoms. The number of anilines is 3. The number of hydrogen-bond donors (Lipinski definition) is 2. The van der Waals surface area contributed by atoms with Crippen molar-refractivity contribution in [2.75, 3.05) is 43.4 Å². The van der Waals surface area contributed by atoms with E-state index in [1.807, 2.05) is 18.2 Å². The van der Waals surface area contributed by atoms with Crippen LogP contribution in [0.3, 0.4) is 0 Å². The Hall–Kier alpha value is -3.19. The van der Waals surface area contributed by atoms with Crippen LogP contribution in [0.5, 0.6) is 0 Å². The van der Waals surface area contributed by atoms with Crippen molar-refractivity contribution in [3.8, 4) is 0 Å². The second-order valence-corrected chi connectivity index (χ2v) is 6.74. The molecule has 0 unspecified atom stereocenters. The third kappa shape index (κ3) is 3.68. The molecule has 1 aliphatic heterocycles. The molecule has 0 saturated carbocycles. The second kappa shape index (κ2) is 7.20. The fraction of sp³-hybridized carbons (Fsp3) is 0.250. The SMILES string of the molecule is CN1CCN(c2nc(Nc3ccc(C(N)=O)cc3)nc3ccccc23)CC1. The smallest absolute Gasteiger partial charge is 0.248 e. The number of carbonyl (C=O) groups is 1. The molecule has 1 aliphatic rings. The highest BCUT2D eigenvalue weighted by atomic mass is 16.1. The highest BCUT2D eigenvalue weighted by Crippen LogP contribution is 2.27. The second-order valence-electron chi connectivity index (χ2n) is 6.74. The molecule has 2 aromatic carbocycles. The standard InChI is InChI=1S/C20H22N6O/c1-25-10-12-26(13-11-25)19-16-4-2-3-5-17(16)23-20(24-19)22-15-8-6-14(7-9-15)18(21)27/h2-9H,10-13H2,1H3,(H2,21,27)(H,22,23,24). The number of hydrogen-bond acceptors (Lipinski definition) is 6. The number of piperazine rings is 1. The van der Waals surface area contributed by atoms with E-state index in [0.717, 1.165) is 48.6 Å². The van der Waals surface area contributed by atoms with Crippen molar-refractivity contribution in [3.63, 3.8) is 0 Å². The van der Waals surface area contributed by atoms with Gasteiger partial charge in [-0.3, -0.25) is 4.79 Å². The third-order valence-corrected chi connectivity index (χ3v) is 4.81. The van der Waals surface area contributed by atoms with Crippen LogP contribution < -0.4 is 16.0 Å². The predicted octanol–water partition coefficient (Wildman–Crippen LogP) is 2.22. The van der Waals surface area contributed by atoms with Gasteiger partial charge in [-0.2, -0.15) is 4.98 Å². The van der Waals surface area contributed by atoms with Crippen LogP contribution in [0.15, 0.2) is 48.5 Å². The molecule has 1 aromatic heterocycles. The number of aromatic nitrogens is 2.